The molecule has 1 amide bonds. The molecule has 1 unspecified atom stereocenters. The Kier molecular flexibility index (Phi) is 6.72. The van der Waals surface area contributed by atoms with Crippen molar-refractivity contribution in [2.24, 2.45) is 0 Å². The van der Waals surface area contributed by atoms with Crippen molar-refractivity contribution >= 4 is 17.4 Å². The van der Waals surface area contributed by atoms with Crippen molar-refractivity contribution in [2.45, 2.75) is 64.6 Å². The lowest BCUT2D eigenvalue weighted by atomic mass is 9.94. The van der Waals surface area contributed by atoms with Crippen LogP contribution in [0.25, 0.3) is 5.76 Å². The third kappa shape index (κ3) is 4.61. The van der Waals surface area contributed by atoms with Gasteiger partial charge < -0.3 is 19.5 Å². The summed E-state index contributed by atoms with van der Waals surface area (Å²) in [6.45, 7) is 6.30. The van der Waals surface area contributed by atoms with Crippen LogP contribution >= 0.6 is 0 Å². The van der Waals surface area contributed by atoms with Gasteiger partial charge in [0.05, 0.1) is 24.3 Å². The number of rotatable bonds is 7. The number of hydrogen-bond acceptors (Lipinski definition) is 5. The van der Waals surface area contributed by atoms with E-state index in [0.29, 0.717) is 23.7 Å². The highest BCUT2D eigenvalue weighted by Crippen LogP contribution is 2.44. The molecule has 2 aromatic rings. The molecule has 2 aliphatic rings. The maximum Gasteiger partial charge on any atom is 0.295 e. The summed E-state index contributed by atoms with van der Waals surface area (Å²) in [7, 11) is 0. The van der Waals surface area contributed by atoms with Crippen molar-refractivity contribution in [3.05, 3.63) is 65.2 Å². The predicted octanol–water partition coefficient (Wildman–Crippen LogP) is 5.24. The molecule has 33 heavy (non-hydrogen) atoms. The molecule has 4 rings (SSSR count). The minimum atomic E-state index is -0.653. The molecule has 6 heteroatoms. The number of carbonyl (C=O) groups is 2. The Balaban J connectivity index is 1.80. The number of carbonyl (C=O) groups excluding carboxylic acids is 2. The summed E-state index contributed by atoms with van der Waals surface area (Å²) in [5.74, 6) is -0.0170. The quantitative estimate of drug-likeness (QED) is 0.356. The first-order valence-electron chi connectivity index (χ1n) is 11.7. The molecular weight excluding hydrogens is 418 g/mol. The fraction of sp³-hybridized carbons (Fsp3) is 0.407. The average Bonchev–Trinajstić information content (AvgIpc) is 3.41. The topological polar surface area (TPSA) is 76.1 Å². The van der Waals surface area contributed by atoms with Gasteiger partial charge in [0.2, 0.25) is 0 Å². The van der Waals surface area contributed by atoms with E-state index in [1.807, 2.05) is 45.0 Å². The van der Waals surface area contributed by atoms with Gasteiger partial charge in [0.25, 0.3) is 11.7 Å². The molecule has 0 bridgehead atoms. The zero-order valence-corrected chi connectivity index (χ0v) is 19.4. The van der Waals surface area contributed by atoms with E-state index in [2.05, 4.69) is 0 Å². The number of aliphatic hydroxyl groups is 1. The van der Waals surface area contributed by atoms with E-state index < -0.39 is 17.7 Å². The van der Waals surface area contributed by atoms with Gasteiger partial charge in [-0.3, -0.25) is 9.59 Å². The molecule has 1 aliphatic carbocycles. The number of ketones is 1. The van der Waals surface area contributed by atoms with Gasteiger partial charge in [0, 0.05) is 11.6 Å². The second-order valence-electron chi connectivity index (χ2n) is 8.84. The Morgan fingerprint density at radius 3 is 2.39 bits per heavy atom. The number of amides is 1. The molecular formula is C27H31NO5. The maximum absolute atomic E-state index is 13.2. The monoisotopic (exact) mass is 449 g/mol. The summed E-state index contributed by atoms with van der Waals surface area (Å²) in [6.07, 6.45) is 3.79. The standard InChI is InChI=1S/C27H31NO5/c1-4-32-22-11-7-8-19(16-22)24-23(26(30)27(31)28(24)20-9-5-6-10-20)25(29)18-12-14-21(15-13-18)33-17(2)3/h7-8,11-17,20,24,29H,4-6,9-10H2,1-3H3/b25-23-. The largest absolute Gasteiger partial charge is 0.507 e. The number of nitrogens with zero attached hydrogens (tertiary/aromatic N) is 1. The summed E-state index contributed by atoms with van der Waals surface area (Å²) < 4.78 is 11.3. The third-order valence-corrected chi connectivity index (χ3v) is 6.18. The van der Waals surface area contributed by atoms with Gasteiger partial charge in [-0.05, 0) is 75.6 Å². The summed E-state index contributed by atoms with van der Waals surface area (Å²) in [6, 6.07) is 13.7. The molecule has 1 saturated carbocycles. The summed E-state index contributed by atoms with van der Waals surface area (Å²) in [4.78, 5) is 28.1. The number of hydrogen-bond donors (Lipinski definition) is 1. The Hall–Kier alpha value is -3.28. The number of likely N-dealkylation sites (tertiary alicyclic amines) is 1. The second-order valence-corrected chi connectivity index (χ2v) is 8.84. The van der Waals surface area contributed by atoms with Crippen LogP contribution in [0.3, 0.4) is 0 Å². The van der Waals surface area contributed by atoms with Crippen LogP contribution in [0.4, 0.5) is 0 Å². The Morgan fingerprint density at radius 2 is 1.76 bits per heavy atom. The van der Waals surface area contributed by atoms with E-state index in [1.165, 1.54) is 0 Å². The zero-order chi connectivity index (χ0) is 23.5. The molecule has 1 saturated heterocycles. The molecule has 0 aromatic heterocycles. The van der Waals surface area contributed by atoms with E-state index in [1.54, 1.807) is 29.2 Å². The SMILES string of the molecule is CCOc1cccc(C2/C(=C(/O)c3ccc(OC(C)C)cc3)C(=O)C(=O)N2C2CCCC2)c1. The highest BCUT2D eigenvalue weighted by atomic mass is 16.5. The van der Waals surface area contributed by atoms with Crippen LogP contribution in [0.2, 0.25) is 0 Å². The fourth-order valence-corrected chi connectivity index (χ4v) is 4.80. The smallest absolute Gasteiger partial charge is 0.295 e. The molecule has 6 nitrogen and oxygen atoms in total. The molecule has 1 N–H and O–H groups in total. The van der Waals surface area contributed by atoms with Crippen LogP contribution < -0.4 is 9.47 Å². The van der Waals surface area contributed by atoms with Crippen molar-refractivity contribution in [2.75, 3.05) is 6.61 Å². The van der Waals surface area contributed by atoms with E-state index >= 15 is 0 Å². The minimum Gasteiger partial charge on any atom is -0.507 e. The van der Waals surface area contributed by atoms with Gasteiger partial charge in [-0.15, -0.1) is 0 Å². The minimum absolute atomic E-state index is 0.0192. The van der Waals surface area contributed by atoms with Crippen LogP contribution in [0.5, 0.6) is 11.5 Å². The van der Waals surface area contributed by atoms with E-state index in [4.69, 9.17) is 9.47 Å². The lowest BCUT2D eigenvalue weighted by Crippen LogP contribution is -2.37. The number of ether oxygens (including phenoxy) is 2. The van der Waals surface area contributed by atoms with Gasteiger partial charge in [0.1, 0.15) is 17.3 Å². The van der Waals surface area contributed by atoms with Crippen LogP contribution in [-0.2, 0) is 9.59 Å². The fourth-order valence-electron chi connectivity index (χ4n) is 4.80. The van der Waals surface area contributed by atoms with Crippen LogP contribution in [0.15, 0.2) is 54.1 Å². The predicted molar refractivity (Wildman–Crippen MR) is 126 cm³/mol. The second kappa shape index (κ2) is 9.69. The first kappa shape index (κ1) is 22.9. The number of aliphatic hydroxyl groups excluding tert-OH is 1. The molecule has 1 aliphatic heterocycles. The van der Waals surface area contributed by atoms with Crippen molar-refractivity contribution in [3.63, 3.8) is 0 Å². The molecule has 0 spiro atoms. The molecule has 2 fully saturated rings. The van der Waals surface area contributed by atoms with Gasteiger partial charge in [-0.25, -0.2) is 0 Å². The van der Waals surface area contributed by atoms with Crippen LogP contribution in [0, 0.1) is 0 Å². The van der Waals surface area contributed by atoms with Gasteiger partial charge in [0.15, 0.2) is 0 Å². The molecule has 174 valence electrons. The highest BCUT2D eigenvalue weighted by molar-refractivity contribution is 6.46. The van der Waals surface area contributed by atoms with Crippen LogP contribution in [-0.4, -0.2) is 40.4 Å². The van der Waals surface area contributed by atoms with Crippen molar-refractivity contribution in [3.8, 4) is 11.5 Å². The first-order chi connectivity index (χ1) is 15.9. The van der Waals surface area contributed by atoms with Gasteiger partial charge >= 0.3 is 0 Å². The van der Waals surface area contributed by atoms with Crippen molar-refractivity contribution in [1.29, 1.82) is 0 Å². The third-order valence-electron chi connectivity index (χ3n) is 6.18. The highest BCUT2D eigenvalue weighted by Gasteiger charge is 2.49. The van der Waals surface area contributed by atoms with E-state index in [9.17, 15) is 14.7 Å². The Morgan fingerprint density at radius 1 is 1.06 bits per heavy atom. The Bertz CT molecular complexity index is 1050. The first-order valence-corrected chi connectivity index (χ1v) is 11.7. The molecule has 0 radical (unpaired) electrons. The summed E-state index contributed by atoms with van der Waals surface area (Å²) >= 11 is 0. The van der Waals surface area contributed by atoms with E-state index in [0.717, 1.165) is 31.2 Å². The van der Waals surface area contributed by atoms with Crippen molar-refractivity contribution < 1.29 is 24.2 Å². The summed E-state index contributed by atoms with van der Waals surface area (Å²) in [5, 5.41) is 11.3. The van der Waals surface area contributed by atoms with Gasteiger partial charge in [-0.1, -0.05) is 25.0 Å². The average molecular weight is 450 g/mol. The molecule has 1 atom stereocenters. The lowest BCUT2D eigenvalue weighted by molar-refractivity contribution is -0.141. The van der Waals surface area contributed by atoms with Crippen LogP contribution in [0.1, 0.15) is 63.6 Å². The normalized spacial score (nSPS) is 20.6. The number of Topliss-reactive ketones (excluding diaryl/α,β-unsaturated/α-hetero) is 1. The lowest BCUT2D eigenvalue weighted by Gasteiger charge is -2.31. The number of benzene rings is 2. The zero-order valence-electron chi connectivity index (χ0n) is 19.4. The summed E-state index contributed by atoms with van der Waals surface area (Å²) in [5.41, 5.74) is 1.35. The van der Waals surface area contributed by atoms with Crippen molar-refractivity contribution in [1.82, 2.24) is 4.90 Å². The molecule has 1 heterocycles. The maximum atomic E-state index is 13.2. The van der Waals surface area contributed by atoms with Gasteiger partial charge in [-0.2, -0.15) is 0 Å². The molecule has 2 aromatic carbocycles. The Labute approximate surface area is 194 Å². The van der Waals surface area contributed by atoms with E-state index in [-0.39, 0.29) is 23.5 Å².